The third-order valence-electron chi connectivity index (χ3n) is 3.96. The molecule has 0 bridgehead atoms. The van der Waals surface area contributed by atoms with Crippen LogP contribution in [0.25, 0.3) is 0 Å². The summed E-state index contributed by atoms with van der Waals surface area (Å²) in [7, 11) is 0. The van der Waals surface area contributed by atoms with Gasteiger partial charge in [0.05, 0.1) is 11.3 Å². The number of nitrogens with zero attached hydrogens (tertiary/aromatic N) is 2. The highest BCUT2D eigenvalue weighted by Crippen LogP contribution is 2.19. The summed E-state index contributed by atoms with van der Waals surface area (Å²) in [6.45, 7) is 3.78. The normalized spacial score (nSPS) is 14.9. The molecule has 2 aromatic rings. The van der Waals surface area contributed by atoms with Crippen molar-refractivity contribution in [1.82, 2.24) is 14.9 Å². The van der Waals surface area contributed by atoms with Gasteiger partial charge in [0.2, 0.25) is 0 Å². The minimum atomic E-state index is -0.181. The van der Waals surface area contributed by atoms with Crippen LogP contribution in [0.5, 0.6) is 0 Å². The van der Waals surface area contributed by atoms with E-state index in [2.05, 4.69) is 14.9 Å². The molecule has 4 nitrogen and oxygen atoms in total. The Morgan fingerprint density at radius 3 is 3.00 bits per heavy atom. The quantitative estimate of drug-likeness (QED) is 0.697. The Morgan fingerprint density at radius 2 is 2.27 bits per heavy atom. The van der Waals surface area contributed by atoms with Gasteiger partial charge in [0, 0.05) is 26.1 Å². The zero-order valence-corrected chi connectivity index (χ0v) is 13.5. The van der Waals surface area contributed by atoms with Gasteiger partial charge in [-0.25, -0.2) is 9.37 Å². The summed E-state index contributed by atoms with van der Waals surface area (Å²) < 4.78 is 13.6. The summed E-state index contributed by atoms with van der Waals surface area (Å²) in [5.74, 6) is -0.181. The minimum Gasteiger partial charge on any atom is -0.301 e. The van der Waals surface area contributed by atoms with E-state index in [1.54, 1.807) is 19.1 Å². The van der Waals surface area contributed by atoms with Crippen LogP contribution < -0.4 is 5.56 Å². The summed E-state index contributed by atoms with van der Waals surface area (Å²) in [4.78, 5) is 21.6. The van der Waals surface area contributed by atoms with E-state index in [4.69, 9.17) is 0 Å². The van der Waals surface area contributed by atoms with Crippen LogP contribution in [-0.2, 0) is 19.5 Å². The first-order chi connectivity index (χ1) is 10.6. The van der Waals surface area contributed by atoms with Gasteiger partial charge in [-0.15, -0.1) is 0 Å². The summed E-state index contributed by atoms with van der Waals surface area (Å²) in [6, 6.07) is 5.30. The molecule has 0 atom stereocenters. The molecule has 0 saturated carbocycles. The molecule has 1 aromatic carbocycles. The fourth-order valence-electron chi connectivity index (χ4n) is 2.68. The Labute approximate surface area is 132 Å². The van der Waals surface area contributed by atoms with E-state index >= 15 is 0 Å². The van der Waals surface area contributed by atoms with Gasteiger partial charge in [0.1, 0.15) is 5.82 Å². The van der Waals surface area contributed by atoms with Crippen molar-refractivity contribution in [3.63, 3.8) is 0 Å². The zero-order chi connectivity index (χ0) is 15.7. The molecule has 6 heteroatoms. The average Bonchev–Trinajstić information content (AvgIpc) is 2.51. The van der Waals surface area contributed by atoms with E-state index < -0.39 is 0 Å². The molecule has 0 saturated heterocycles. The first-order valence-corrected chi connectivity index (χ1v) is 8.42. The van der Waals surface area contributed by atoms with Crippen LogP contribution in [0.4, 0.5) is 4.39 Å². The van der Waals surface area contributed by atoms with Gasteiger partial charge in [0.15, 0.2) is 5.16 Å². The summed E-state index contributed by atoms with van der Waals surface area (Å²) in [5.41, 5.74) is 3.14. The maximum atomic E-state index is 13.6. The zero-order valence-electron chi connectivity index (χ0n) is 12.6. The van der Waals surface area contributed by atoms with Crippen LogP contribution in [-0.4, -0.2) is 27.7 Å². The van der Waals surface area contributed by atoms with Gasteiger partial charge >= 0.3 is 0 Å². The molecule has 1 aliphatic rings. The molecule has 1 aromatic heterocycles. The largest absolute Gasteiger partial charge is 0.301 e. The number of aryl methyl sites for hydroxylation is 1. The first-order valence-electron chi connectivity index (χ1n) is 7.20. The maximum absolute atomic E-state index is 13.6. The molecule has 0 spiro atoms. The third-order valence-corrected chi connectivity index (χ3v) is 4.54. The summed E-state index contributed by atoms with van der Waals surface area (Å²) in [6.07, 6.45) is 2.65. The lowest BCUT2D eigenvalue weighted by Crippen LogP contribution is -2.35. The van der Waals surface area contributed by atoms with Gasteiger partial charge in [-0.3, -0.25) is 9.69 Å². The Hall–Kier alpha value is -1.66. The van der Waals surface area contributed by atoms with Crippen molar-refractivity contribution in [1.29, 1.82) is 0 Å². The standard InChI is InChI=1S/C16H18FN3OS/c1-10-3-4-11(7-13(10)17)8-20-6-5-14-12(9-20)15(21)19-16(18-14)22-2/h3-4,7H,5-6,8-9H2,1-2H3,(H,18,19,21). The SMILES string of the molecule is CSc1nc2c(c(=O)[nH]1)CN(Cc1ccc(C)c(F)c1)CC2. The van der Waals surface area contributed by atoms with Gasteiger partial charge in [-0.2, -0.15) is 0 Å². The number of thioether (sulfide) groups is 1. The van der Waals surface area contributed by atoms with Gasteiger partial charge in [-0.05, 0) is 30.4 Å². The third kappa shape index (κ3) is 3.08. The predicted octanol–water partition coefficient (Wildman–Crippen LogP) is 2.50. The molecule has 0 radical (unpaired) electrons. The second-order valence-corrected chi connectivity index (χ2v) is 6.34. The summed E-state index contributed by atoms with van der Waals surface area (Å²) >= 11 is 1.44. The van der Waals surface area contributed by atoms with E-state index in [0.717, 1.165) is 29.8 Å². The lowest BCUT2D eigenvalue weighted by Gasteiger charge is -2.27. The van der Waals surface area contributed by atoms with Gasteiger partial charge in [-0.1, -0.05) is 23.9 Å². The van der Waals surface area contributed by atoms with Crippen LogP contribution >= 0.6 is 11.8 Å². The van der Waals surface area contributed by atoms with Crippen LogP contribution in [0.15, 0.2) is 28.2 Å². The van der Waals surface area contributed by atoms with Gasteiger partial charge in [0.25, 0.3) is 5.56 Å². The predicted molar refractivity (Wildman–Crippen MR) is 85.6 cm³/mol. The fraction of sp³-hybridized carbons (Fsp3) is 0.375. The maximum Gasteiger partial charge on any atom is 0.256 e. The number of benzene rings is 1. The van der Waals surface area contributed by atoms with E-state index in [-0.39, 0.29) is 11.4 Å². The van der Waals surface area contributed by atoms with Crippen molar-refractivity contribution < 1.29 is 4.39 Å². The smallest absolute Gasteiger partial charge is 0.256 e. The van der Waals surface area contributed by atoms with Crippen LogP contribution in [0, 0.1) is 12.7 Å². The molecule has 1 aliphatic heterocycles. The molecular formula is C16H18FN3OS. The van der Waals surface area contributed by atoms with Gasteiger partial charge < -0.3 is 4.98 Å². The van der Waals surface area contributed by atoms with Crippen LogP contribution in [0.3, 0.4) is 0 Å². The highest BCUT2D eigenvalue weighted by Gasteiger charge is 2.21. The van der Waals surface area contributed by atoms with Crippen molar-refractivity contribution >= 4 is 11.8 Å². The Morgan fingerprint density at radius 1 is 1.45 bits per heavy atom. The molecule has 1 N–H and O–H groups in total. The molecule has 0 amide bonds. The van der Waals surface area contributed by atoms with Crippen molar-refractivity contribution in [2.45, 2.75) is 31.6 Å². The lowest BCUT2D eigenvalue weighted by molar-refractivity contribution is 0.240. The Kier molecular flexibility index (Phi) is 4.31. The fourth-order valence-corrected chi connectivity index (χ4v) is 3.08. The molecule has 0 fully saturated rings. The molecule has 2 heterocycles. The molecule has 22 heavy (non-hydrogen) atoms. The average molecular weight is 319 g/mol. The highest BCUT2D eigenvalue weighted by molar-refractivity contribution is 7.98. The number of aromatic nitrogens is 2. The number of rotatable bonds is 3. The second-order valence-electron chi connectivity index (χ2n) is 5.54. The highest BCUT2D eigenvalue weighted by atomic mass is 32.2. The molecule has 0 unspecified atom stereocenters. The topological polar surface area (TPSA) is 49.0 Å². The minimum absolute atomic E-state index is 0.0610. The number of hydrogen-bond donors (Lipinski definition) is 1. The van der Waals surface area contributed by atoms with Crippen molar-refractivity contribution in [2.75, 3.05) is 12.8 Å². The van der Waals surface area contributed by atoms with Crippen molar-refractivity contribution in [3.05, 3.63) is 56.8 Å². The molecule has 116 valence electrons. The lowest BCUT2D eigenvalue weighted by atomic mass is 10.1. The van der Waals surface area contributed by atoms with E-state index in [1.807, 2.05) is 12.3 Å². The van der Waals surface area contributed by atoms with E-state index in [9.17, 15) is 9.18 Å². The summed E-state index contributed by atoms with van der Waals surface area (Å²) in [5, 5.41) is 0.665. The van der Waals surface area contributed by atoms with Crippen molar-refractivity contribution in [2.24, 2.45) is 0 Å². The van der Waals surface area contributed by atoms with E-state index in [1.165, 1.54) is 11.8 Å². The van der Waals surface area contributed by atoms with Crippen LogP contribution in [0.1, 0.15) is 22.4 Å². The number of hydrogen-bond acceptors (Lipinski definition) is 4. The van der Waals surface area contributed by atoms with Crippen molar-refractivity contribution in [3.8, 4) is 0 Å². The molecular weight excluding hydrogens is 301 g/mol. The first kappa shape index (κ1) is 15.2. The van der Waals surface area contributed by atoms with E-state index in [0.29, 0.717) is 23.8 Å². The molecule has 0 aliphatic carbocycles. The van der Waals surface area contributed by atoms with Crippen LogP contribution in [0.2, 0.25) is 0 Å². The number of aromatic amines is 1. The monoisotopic (exact) mass is 319 g/mol. The number of H-pyrrole nitrogens is 1. The molecule has 3 rings (SSSR count). The number of fused-ring (bicyclic) bond motifs is 1. The number of nitrogens with one attached hydrogen (secondary N) is 1. The number of halogens is 1. The Bertz CT molecular complexity index is 760. The Balaban J connectivity index is 1.79. The second kappa shape index (κ2) is 6.22.